The van der Waals surface area contributed by atoms with Crippen molar-refractivity contribution in [2.45, 2.75) is 18.2 Å². The van der Waals surface area contributed by atoms with Gasteiger partial charge in [0.1, 0.15) is 11.4 Å². The van der Waals surface area contributed by atoms with E-state index in [0.29, 0.717) is 10.9 Å². The molecule has 1 aromatic carbocycles. The molecule has 0 radical (unpaired) electrons. The molecule has 9 nitrogen and oxygen atoms in total. The minimum atomic E-state index is -5.03. The predicted octanol–water partition coefficient (Wildman–Crippen LogP) is 0.948. The topological polar surface area (TPSA) is 129 Å². The number of pyridine rings is 1. The molecule has 0 spiro atoms. The van der Waals surface area contributed by atoms with E-state index in [1.165, 1.54) is 19.4 Å². The molecule has 2 heterocycles. The normalized spacial score (nSPS) is 13.5. The zero-order valence-corrected chi connectivity index (χ0v) is 16.9. The Morgan fingerprint density at radius 3 is 2.59 bits per heavy atom. The minimum Gasteiger partial charge on any atom is -0.374 e. The number of para-hydroxylation sites is 1. The van der Waals surface area contributed by atoms with Crippen LogP contribution in [0, 0.1) is 0 Å². The molecule has 3 rings (SSSR count). The smallest absolute Gasteiger partial charge is 0.374 e. The molecule has 3 aromatic rings. The first-order chi connectivity index (χ1) is 15.0. The number of alkyl halides is 3. The average Bonchev–Trinajstić information content (AvgIpc) is 3.18. The van der Waals surface area contributed by atoms with E-state index >= 15 is 0 Å². The summed E-state index contributed by atoms with van der Waals surface area (Å²) >= 11 is 0. The fourth-order valence-corrected chi connectivity index (χ4v) is 3.18. The Bertz CT molecular complexity index is 1200. The van der Waals surface area contributed by atoms with E-state index in [1.807, 2.05) is 0 Å². The predicted molar refractivity (Wildman–Crippen MR) is 108 cm³/mol. The van der Waals surface area contributed by atoms with Crippen molar-refractivity contribution in [3.8, 4) is 0 Å². The number of imidazole rings is 1. The molecule has 0 saturated heterocycles. The number of benzene rings is 1. The van der Waals surface area contributed by atoms with E-state index < -0.39 is 54.4 Å². The van der Waals surface area contributed by atoms with E-state index in [-0.39, 0.29) is 5.56 Å². The minimum absolute atomic E-state index is 0.210. The Kier molecular flexibility index (Phi) is 6.35. The number of hydrogen-bond donors (Lipinski definition) is 4. The van der Waals surface area contributed by atoms with E-state index in [1.54, 1.807) is 24.3 Å². The number of aromatic amines is 1. The fourth-order valence-electron chi connectivity index (χ4n) is 3.18. The lowest BCUT2D eigenvalue weighted by Crippen LogP contribution is -2.47. The average molecular weight is 451 g/mol. The van der Waals surface area contributed by atoms with Crippen LogP contribution in [-0.4, -0.2) is 50.7 Å². The number of H-pyrrole nitrogens is 1. The van der Waals surface area contributed by atoms with E-state index in [9.17, 15) is 32.7 Å². The molecule has 1 atom stereocenters. The maximum absolute atomic E-state index is 13.5. The molecule has 0 aliphatic carbocycles. The lowest BCUT2D eigenvalue weighted by Gasteiger charge is -2.29. The number of rotatable bonds is 7. The summed E-state index contributed by atoms with van der Waals surface area (Å²) in [5, 5.41) is 15.0. The fraction of sp³-hybridized carbons (Fsp3) is 0.300. The van der Waals surface area contributed by atoms with Crippen molar-refractivity contribution in [1.82, 2.24) is 25.2 Å². The molecule has 170 valence electrons. The molecule has 12 heteroatoms. The van der Waals surface area contributed by atoms with Crippen LogP contribution in [0.4, 0.5) is 13.2 Å². The largest absolute Gasteiger partial charge is 0.424 e. The molecule has 4 N–H and O–H groups in total. The molecule has 1 unspecified atom stereocenters. The molecular weight excluding hydrogens is 431 g/mol. The quantitative estimate of drug-likeness (QED) is 0.425. The van der Waals surface area contributed by atoms with E-state index in [2.05, 4.69) is 20.6 Å². The second kappa shape index (κ2) is 8.83. The number of fused-ring (bicyclic) bond motifs is 1. The number of hydrogen-bond acceptors (Lipinski definition) is 5. The second-order valence-corrected chi connectivity index (χ2v) is 7.08. The Balaban J connectivity index is 1.58. The summed E-state index contributed by atoms with van der Waals surface area (Å²) in [6, 6.07) is 6.57. The number of aryl methyl sites for hydroxylation is 1. The Morgan fingerprint density at radius 2 is 1.94 bits per heavy atom. The lowest BCUT2D eigenvalue weighted by molar-refractivity contribution is -0.272. The summed E-state index contributed by atoms with van der Waals surface area (Å²) in [5.74, 6) is -2.21. The van der Waals surface area contributed by atoms with Crippen LogP contribution in [-0.2, 0) is 17.4 Å². The lowest BCUT2D eigenvalue weighted by atomic mass is 9.97. The van der Waals surface area contributed by atoms with Crippen molar-refractivity contribution in [1.29, 1.82) is 0 Å². The van der Waals surface area contributed by atoms with Gasteiger partial charge in [0.15, 0.2) is 0 Å². The molecule has 32 heavy (non-hydrogen) atoms. The van der Waals surface area contributed by atoms with Crippen LogP contribution in [0.2, 0.25) is 0 Å². The Morgan fingerprint density at radius 1 is 1.22 bits per heavy atom. The first kappa shape index (κ1) is 23.0. The van der Waals surface area contributed by atoms with Crippen molar-refractivity contribution >= 4 is 22.7 Å². The van der Waals surface area contributed by atoms with Crippen LogP contribution in [0.1, 0.15) is 22.6 Å². The summed E-state index contributed by atoms with van der Waals surface area (Å²) in [6.45, 7) is -1.11. The van der Waals surface area contributed by atoms with Crippen molar-refractivity contribution < 1.29 is 27.9 Å². The molecule has 0 saturated carbocycles. The number of nitrogens with zero attached hydrogens (tertiary/aromatic N) is 2. The molecule has 0 aliphatic heterocycles. The van der Waals surface area contributed by atoms with Gasteiger partial charge in [-0.25, -0.2) is 4.98 Å². The first-order valence-corrected chi connectivity index (χ1v) is 9.47. The van der Waals surface area contributed by atoms with Gasteiger partial charge >= 0.3 is 6.18 Å². The van der Waals surface area contributed by atoms with Gasteiger partial charge in [0.25, 0.3) is 5.91 Å². The number of carbonyl (C=O) groups is 2. The van der Waals surface area contributed by atoms with E-state index in [4.69, 9.17) is 0 Å². The zero-order chi connectivity index (χ0) is 23.5. The third-order valence-corrected chi connectivity index (χ3v) is 4.91. The van der Waals surface area contributed by atoms with Gasteiger partial charge in [-0.1, -0.05) is 12.1 Å². The number of halogens is 3. The number of aliphatic hydroxyl groups is 1. The highest BCUT2D eigenvalue weighted by Gasteiger charge is 2.57. The van der Waals surface area contributed by atoms with Crippen LogP contribution >= 0.6 is 0 Å². The summed E-state index contributed by atoms with van der Waals surface area (Å²) in [6.07, 6.45) is -2.31. The third-order valence-electron chi connectivity index (χ3n) is 4.91. The van der Waals surface area contributed by atoms with Crippen molar-refractivity contribution in [2.75, 3.05) is 13.1 Å². The van der Waals surface area contributed by atoms with Gasteiger partial charge in [-0.2, -0.15) is 13.2 Å². The number of carbonyl (C=O) groups excluding carboxylic acids is 2. The van der Waals surface area contributed by atoms with Crippen LogP contribution in [0.25, 0.3) is 10.9 Å². The molecule has 2 aromatic heterocycles. The number of nitrogens with one attached hydrogen (secondary N) is 3. The van der Waals surface area contributed by atoms with E-state index in [0.717, 1.165) is 10.8 Å². The first-order valence-electron chi connectivity index (χ1n) is 9.47. The molecule has 0 aliphatic rings. The monoisotopic (exact) mass is 451 g/mol. The summed E-state index contributed by atoms with van der Waals surface area (Å²) in [5.41, 5.74) is -3.46. The van der Waals surface area contributed by atoms with Gasteiger partial charge in [-0.05, 0) is 12.1 Å². The van der Waals surface area contributed by atoms with Gasteiger partial charge < -0.3 is 25.3 Å². The molecule has 2 amide bonds. The zero-order valence-electron chi connectivity index (χ0n) is 16.9. The maximum Gasteiger partial charge on any atom is 0.424 e. The summed E-state index contributed by atoms with van der Waals surface area (Å²) in [7, 11) is 1.31. The Labute approximate surface area is 179 Å². The SMILES string of the molecule is Cn1ccnc1C(O)(CCNC(=O)CNC(=O)c1c[nH]c2ccccc2c1=O)C(F)(F)F. The highest BCUT2D eigenvalue weighted by atomic mass is 19.4. The maximum atomic E-state index is 13.5. The van der Waals surface area contributed by atoms with Crippen LogP contribution < -0.4 is 16.1 Å². The van der Waals surface area contributed by atoms with Gasteiger partial charge in [0, 0.05) is 49.5 Å². The molecular formula is C20H20F3N5O4. The highest BCUT2D eigenvalue weighted by molar-refractivity contribution is 5.98. The van der Waals surface area contributed by atoms with Gasteiger partial charge in [-0.3, -0.25) is 14.4 Å². The highest BCUT2D eigenvalue weighted by Crippen LogP contribution is 2.40. The van der Waals surface area contributed by atoms with Gasteiger partial charge in [0.05, 0.1) is 6.54 Å². The summed E-state index contributed by atoms with van der Waals surface area (Å²) < 4.78 is 41.4. The number of amides is 2. The Hall–Kier alpha value is -3.67. The van der Waals surface area contributed by atoms with Crippen LogP contribution in [0.5, 0.6) is 0 Å². The van der Waals surface area contributed by atoms with Gasteiger partial charge in [-0.15, -0.1) is 0 Å². The molecule has 0 bridgehead atoms. The van der Waals surface area contributed by atoms with Gasteiger partial charge in [0.2, 0.25) is 16.9 Å². The molecule has 0 fully saturated rings. The van der Waals surface area contributed by atoms with Crippen molar-refractivity contribution in [2.24, 2.45) is 7.05 Å². The van der Waals surface area contributed by atoms with Crippen molar-refractivity contribution in [3.05, 3.63) is 64.5 Å². The second-order valence-electron chi connectivity index (χ2n) is 7.08. The number of aromatic nitrogens is 3. The third kappa shape index (κ3) is 4.49. The standard InChI is InChI=1S/C20H20F3N5O4/c1-28-9-8-25-18(28)19(32,20(21,22)23)6-7-24-15(29)11-27-17(31)13-10-26-14-5-3-2-4-12(14)16(13)30/h2-5,8-10,32H,6-7,11H2,1H3,(H,24,29)(H,26,30)(H,27,31). The summed E-state index contributed by atoms with van der Waals surface area (Å²) in [4.78, 5) is 43.0. The van der Waals surface area contributed by atoms with Crippen molar-refractivity contribution in [3.63, 3.8) is 0 Å². The van der Waals surface area contributed by atoms with Crippen LogP contribution in [0.3, 0.4) is 0 Å². The van der Waals surface area contributed by atoms with Crippen LogP contribution in [0.15, 0.2) is 47.7 Å².